The number of para-hydroxylation sites is 1. The van der Waals surface area contributed by atoms with Crippen LogP contribution < -0.4 is 10.1 Å². The lowest BCUT2D eigenvalue weighted by molar-refractivity contribution is -0.134. The lowest BCUT2D eigenvalue weighted by atomic mass is 10.0. The van der Waals surface area contributed by atoms with Crippen molar-refractivity contribution < 1.29 is 9.53 Å². The van der Waals surface area contributed by atoms with E-state index in [4.69, 9.17) is 4.74 Å². The minimum absolute atomic E-state index is 0.0254. The zero-order valence-corrected chi connectivity index (χ0v) is 23.2. The quantitative estimate of drug-likeness (QED) is 0.169. The Morgan fingerprint density at radius 3 is 1.95 bits per heavy atom. The van der Waals surface area contributed by atoms with E-state index in [-0.39, 0.29) is 12.5 Å². The number of nitrogens with zero attached hydrogens (tertiary/aromatic N) is 2. The van der Waals surface area contributed by atoms with E-state index in [9.17, 15) is 4.79 Å². The maximum absolute atomic E-state index is 13.2. The highest BCUT2D eigenvalue weighted by Gasteiger charge is 2.16. The normalized spacial score (nSPS) is 10.7. The molecule has 0 aliphatic carbocycles. The number of ether oxygens (including phenoxy) is 1. The first-order valence-corrected chi connectivity index (χ1v) is 14.0. The minimum Gasteiger partial charge on any atom is -0.484 e. The molecule has 1 amide bonds. The lowest BCUT2D eigenvalue weighted by Gasteiger charge is -2.23. The Kier molecular flexibility index (Phi) is 9.90. The number of hydrogen-bond acceptors (Lipinski definition) is 4. The van der Waals surface area contributed by atoms with Crippen molar-refractivity contribution in [3.8, 4) is 16.9 Å². The lowest BCUT2D eigenvalue weighted by Crippen LogP contribution is -2.34. The van der Waals surface area contributed by atoms with E-state index in [1.165, 1.54) is 16.7 Å². The van der Waals surface area contributed by atoms with Gasteiger partial charge in [-0.25, -0.2) is 0 Å². The van der Waals surface area contributed by atoms with E-state index in [2.05, 4.69) is 89.2 Å². The third-order valence-corrected chi connectivity index (χ3v) is 6.91. The number of aromatic nitrogens is 1. The molecule has 0 saturated carbocycles. The van der Waals surface area contributed by atoms with Crippen molar-refractivity contribution in [2.24, 2.45) is 0 Å². The molecule has 0 spiro atoms. The van der Waals surface area contributed by atoms with Crippen LogP contribution in [-0.2, 0) is 30.8 Å². The summed E-state index contributed by atoms with van der Waals surface area (Å²) in [5, 5.41) is 3.53. The van der Waals surface area contributed by atoms with Crippen molar-refractivity contribution in [1.29, 1.82) is 0 Å². The highest BCUT2D eigenvalue weighted by atomic mass is 16.5. The average molecular weight is 542 g/mol. The Morgan fingerprint density at radius 2 is 1.29 bits per heavy atom. The first-order chi connectivity index (χ1) is 20.2. The van der Waals surface area contributed by atoms with Gasteiger partial charge in [0.05, 0.1) is 12.2 Å². The molecule has 5 nitrogen and oxygen atoms in total. The van der Waals surface area contributed by atoms with Crippen LogP contribution in [0.4, 0.5) is 0 Å². The molecule has 0 unspecified atom stereocenters. The summed E-state index contributed by atoms with van der Waals surface area (Å²) in [4.78, 5) is 19.4. The van der Waals surface area contributed by atoms with E-state index in [0.29, 0.717) is 18.8 Å². The Labute approximate surface area is 242 Å². The van der Waals surface area contributed by atoms with Gasteiger partial charge in [-0.2, -0.15) is 0 Å². The average Bonchev–Trinajstić information content (AvgIpc) is 3.04. The summed E-state index contributed by atoms with van der Waals surface area (Å²) in [6.07, 6.45) is 2.77. The number of rotatable bonds is 13. The predicted octanol–water partition coefficient (Wildman–Crippen LogP) is 6.69. The fourth-order valence-corrected chi connectivity index (χ4v) is 4.62. The summed E-state index contributed by atoms with van der Waals surface area (Å²) >= 11 is 0. The molecule has 0 bridgehead atoms. The topological polar surface area (TPSA) is 54.5 Å². The number of hydrogen-bond donors (Lipinski definition) is 1. The SMILES string of the molecule is O=C(COc1ccccc1)N(Cc1ccc(-c2ccc(CNCCc3ccccc3)cc2)cc1)Cc1ccccn1. The summed E-state index contributed by atoms with van der Waals surface area (Å²) in [5.74, 6) is 0.591. The molecule has 5 aromatic rings. The number of carbonyl (C=O) groups is 1. The van der Waals surface area contributed by atoms with Crippen LogP contribution in [0.15, 0.2) is 134 Å². The third-order valence-electron chi connectivity index (χ3n) is 6.91. The van der Waals surface area contributed by atoms with Crippen molar-refractivity contribution >= 4 is 5.91 Å². The second-order valence-electron chi connectivity index (χ2n) is 9.98. The summed E-state index contributed by atoms with van der Waals surface area (Å²) < 4.78 is 5.75. The van der Waals surface area contributed by atoms with Crippen LogP contribution in [-0.4, -0.2) is 28.9 Å². The molecule has 206 valence electrons. The summed E-state index contributed by atoms with van der Waals surface area (Å²) in [5.41, 5.74) is 6.82. The zero-order valence-electron chi connectivity index (χ0n) is 23.2. The zero-order chi connectivity index (χ0) is 28.1. The Morgan fingerprint density at radius 1 is 0.659 bits per heavy atom. The number of nitrogens with one attached hydrogen (secondary N) is 1. The molecule has 1 heterocycles. The van der Waals surface area contributed by atoms with Gasteiger partial charge in [-0.3, -0.25) is 9.78 Å². The predicted molar refractivity (Wildman–Crippen MR) is 164 cm³/mol. The standard InChI is InChI=1S/C36H35N3O2/c40-36(28-41-35-12-5-2-6-13-35)39(27-34-11-7-8-23-38-34)26-31-16-20-33(21-17-31)32-18-14-30(15-19-32)25-37-24-22-29-9-3-1-4-10-29/h1-21,23,37H,22,24-28H2. The molecule has 0 fully saturated rings. The monoisotopic (exact) mass is 541 g/mol. The van der Waals surface area contributed by atoms with Crippen LogP contribution in [0, 0.1) is 0 Å². The number of pyridine rings is 1. The maximum atomic E-state index is 13.2. The van der Waals surface area contributed by atoms with Crippen LogP contribution in [0.1, 0.15) is 22.4 Å². The van der Waals surface area contributed by atoms with Crippen LogP contribution in [0.25, 0.3) is 11.1 Å². The van der Waals surface area contributed by atoms with Gasteiger partial charge in [-0.1, -0.05) is 103 Å². The summed E-state index contributed by atoms with van der Waals surface area (Å²) in [7, 11) is 0. The fraction of sp³-hybridized carbons (Fsp3) is 0.167. The highest BCUT2D eigenvalue weighted by molar-refractivity contribution is 5.77. The van der Waals surface area contributed by atoms with Gasteiger partial charge < -0.3 is 15.0 Å². The Hall–Kier alpha value is -4.74. The molecule has 5 heteroatoms. The van der Waals surface area contributed by atoms with Crippen LogP contribution in [0.2, 0.25) is 0 Å². The van der Waals surface area contributed by atoms with Gasteiger partial charge in [0.25, 0.3) is 5.91 Å². The van der Waals surface area contributed by atoms with Crippen molar-refractivity contribution in [2.45, 2.75) is 26.1 Å². The largest absolute Gasteiger partial charge is 0.484 e. The van der Waals surface area contributed by atoms with E-state index in [1.54, 1.807) is 11.1 Å². The highest BCUT2D eigenvalue weighted by Crippen LogP contribution is 2.21. The Balaban J connectivity index is 1.17. The van der Waals surface area contributed by atoms with Gasteiger partial charge in [-0.15, -0.1) is 0 Å². The van der Waals surface area contributed by atoms with Gasteiger partial charge in [-0.05, 0) is 65.0 Å². The molecule has 0 atom stereocenters. The van der Waals surface area contributed by atoms with Gasteiger partial charge in [0.1, 0.15) is 5.75 Å². The maximum Gasteiger partial charge on any atom is 0.261 e. The molecular weight excluding hydrogens is 506 g/mol. The van der Waals surface area contributed by atoms with Crippen LogP contribution in [0.5, 0.6) is 5.75 Å². The first kappa shape index (κ1) is 27.8. The molecule has 1 aromatic heterocycles. The Bertz CT molecular complexity index is 1470. The number of carbonyl (C=O) groups excluding carboxylic acids is 1. The molecular formula is C36H35N3O2. The fourth-order valence-electron chi connectivity index (χ4n) is 4.62. The summed E-state index contributed by atoms with van der Waals surface area (Å²) in [6, 6.07) is 42.8. The van der Waals surface area contributed by atoms with Crippen LogP contribution in [0.3, 0.4) is 0 Å². The van der Waals surface area contributed by atoms with Gasteiger partial charge in [0, 0.05) is 19.3 Å². The molecule has 0 saturated heterocycles. The number of amides is 1. The molecule has 0 radical (unpaired) electrons. The van der Waals surface area contributed by atoms with Crippen molar-refractivity contribution in [3.63, 3.8) is 0 Å². The smallest absolute Gasteiger partial charge is 0.261 e. The van der Waals surface area contributed by atoms with Crippen LogP contribution >= 0.6 is 0 Å². The minimum atomic E-state index is -0.0865. The summed E-state index contributed by atoms with van der Waals surface area (Å²) in [6.45, 7) is 2.66. The van der Waals surface area contributed by atoms with Gasteiger partial charge in [0.2, 0.25) is 0 Å². The first-order valence-electron chi connectivity index (χ1n) is 14.0. The third kappa shape index (κ3) is 8.62. The van der Waals surface area contributed by atoms with E-state index >= 15 is 0 Å². The number of benzene rings is 4. The molecule has 0 aliphatic rings. The van der Waals surface area contributed by atoms with Crippen molar-refractivity contribution in [3.05, 3.63) is 156 Å². The van der Waals surface area contributed by atoms with E-state index < -0.39 is 0 Å². The second kappa shape index (κ2) is 14.6. The second-order valence-corrected chi connectivity index (χ2v) is 9.98. The molecule has 1 N–H and O–H groups in total. The molecule has 4 aromatic carbocycles. The van der Waals surface area contributed by atoms with Crippen molar-refractivity contribution in [1.82, 2.24) is 15.2 Å². The van der Waals surface area contributed by atoms with Gasteiger partial charge >= 0.3 is 0 Å². The van der Waals surface area contributed by atoms with Gasteiger partial charge in [0.15, 0.2) is 6.61 Å². The molecule has 0 aliphatic heterocycles. The van der Waals surface area contributed by atoms with E-state index in [1.807, 2.05) is 48.5 Å². The molecule has 41 heavy (non-hydrogen) atoms. The van der Waals surface area contributed by atoms with E-state index in [0.717, 1.165) is 36.3 Å². The van der Waals surface area contributed by atoms with Crippen molar-refractivity contribution in [2.75, 3.05) is 13.2 Å². The molecule has 5 rings (SSSR count).